The van der Waals surface area contributed by atoms with Gasteiger partial charge in [0.05, 0.1) is 10.6 Å². The molecule has 3 heterocycles. The van der Waals surface area contributed by atoms with Crippen LogP contribution in [-0.2, 0) is 21.2 Å². The van der Waals surface area contributed by atoms with Gasteiger partial charge in [-0.05, 0) is 56.4 Å². The minimum atomic E-state index is -3.56. The van der Waals surface area contributed by atoms with Crippen LogP contribution in [0.1, 0.15) is 54.4 Å². The summed E-state index contributed by atoms with van der Waals surface area (Å²) in [5.41, 5.74) is 5.79. The molecule has 9 heteroatoms. The number of benzene rings is 1. The summed E-state index contributed by atoms with van der Waals surface area (Å²) in [7, 11) is -3.56. The summed E-state index contributed by atoms with van der Waals surface area (Å²) in [5, 5.41) is 4.50. The Hall–Kier alpha value is -2.78. The van der Waals surface area contributed by atoms with Gasteiger partial charge in [-0.15, -0.1) is 0 Å². The lowest BCUT2D eigenvalue weighted by atomic mass is 10.0. The Kier molecular flexibility index (Phi) is 6.78. The number of carbonyl (C=O) groups is 1. The molecule has 34 heavy (non-hydrogen) atoms. The van der Waals surface area contributed by atoms with E-state index in [1.165, 1.54) is 4.31 Å². The number of aryl methyl sites for hydroxylation is 3. The maximum Gasteiger partial charge on any atom is 0.243 e. The number of carbonyl (C=O) groups excluding carboxylic acids is 1. The van der Waals surface area contributed by atoms with Crippen molar-refractivity contribution in [2.24, 2.45) is 0 Å². The van der Waals surface area contributed by atoms with Crippen LogP contribution in [0.2, 0.25) is 0 Å². The van der Waals surface area contributed by atoms with Gasteiger partial charge in [0.1, 0.15) is 0 Å². The fraction of sp³-hybridized carbons (Fsp3) is 0.480. The van der Waals surface area contributed by atoms with Crippen molar-refractivity contribution in [3.05, 3.63) is 58.5 Å². The first-order valence-corrected chi connectivity index (χ1v) is 13.2. The van der Waals surface area contributed by atoms with Gasteiger partial charge in [0.2, 0.25) is 15.9 Å². The molecule has 0 spiro atoms. The third kappa shape index (κ3) is 4.72. The van der Waals surface area contributed by atoms with Crippen molar-refractivity contribution in [1.29, 1.82) is 0 Å². The molecule has 4 rings (SSSR count). The minimum absolute atomic E-state index is 0.0360. The predicted molar refractivity (Wildman–Crippen MR) is 131 cm³/mol. The van der Waals surface area contributed by atoms with Gasteiger partial charge in [-0.3, -0.25) is 4.79 Å². The summed E-state index contributed by atoms with van der Waals surface area (Å²) in [6, 6.07) is 9.05. The maximum absolute atomic E-state index is 13.0. The topological polar surface area (TPSA) is 87.9 Å². The second-order valence-electron chi connectivity index (χ2n) is 9.33. The van der Waals surface area contributed by atoms with E-state index < -0.39 is 10.0 Å². The molecule has 3 aromatic rings. The smallest absolute Gasteiger partial charge is 0.243 e. The van der Waals surface area contributed by atoms with Gasteiger partial charge in [0, 0.05) is 50.1 Å². The summed E-state index contributed by atoms with van der Waals surface area (Å²) >= 11 is 0. The average molecular weight is 484 g/mol. The fourth-order valence-corrected chi connectivity index (χ4v) is 5.97. The van der Waals surface area contributed by atoms with Crippen LogP contribution in [0.3, 0.4) is 0 Å². The molecule has 0 bridgehead atoms. The number of aromatic nitrogens is 3. The van der Waals surface area contributed by atoms with Gasteiger partial charge >= 0.3 is 0 Å². The van der Waals surface area contributed by atoms with Crippen molar-refractivity contribution in [3.63, 3.8) is 0 Å². The number of hydrogen-bond donors (Lipinski definition) is 0. The van der Waals surface area contributed by atoms with E-state index in [1.54, 1.807) is 17.0 Å². The summed E-state index contributed by atoms with van der Waals surface area (Å²) in [5.74, 6) is 0.383. The van der Waals surface area contributed by atoms with E-state index in [0.29, 0.717) is 49.8 Å². The largest absolute Gasteiger partial charge is 0.340 e. The summed E-state index contributed by atoms with van der Waals surface area (Å²) in [6.45, 7) is 11.5. The zero-order valence-corrected chi connectivity index (χ0v) is 21.4. The van der Waals surface area contributed by atoms with Gasteiger partial charge in [0.15, 0.2) is 5.65 Å². The Bertz CT molecular complexity index is 1300. The van der Waals surface area contributed by atoms with Crippen molar-refractivity contribution >= 4 is 21.6 Å². The monoisotopic (exact) mass is 483 g/mol. The highest BCUT2D eigenvalue weighted by molar-refractivity contribution is 7.89. The van der Waals surface area contributed by atoms with E-state index in [1.807, 2.05) is 43.5 Å². The normalized spacial score (nSPS) is 15.4. The first kappa shape index (κ1) is 24.3. The molecule has 2 aromatic heterocycles. The number of rotatable bonds is 6. The average Bonchev–Trinajstić information content (AvgIpc) is 3.19. The van der Waals surface area contributed by atoms with E-state index >= 15 is 0 Å². The standard InChI is InChI=1S/C25H33N5O3S/c1-17(2)21-6-8-22(9-7-21)34(32,33)29-14-12-28(13-15-29)25(31)11-10-23-19(4)26-24-16-18(3)27-30(24)20(23)5/h6-9,16-17H,10-15H2,1-5H3. The highest BCUT2D eigenvalue weighted by Gasteiger charge is 2.30. The van der Waals surface area contributed by atoms with Gasteiger partial charge < -0.3 is 4.90 Å². The number of sulfonamides is 1. The first-order chi connectivity index (χ1) is 16.1. The summed E-state index contributed by atoms with van der Waals surface area (Å²) in [6.07, 6.45) is 0.942. The fourth-order valence-electron chi connectivity index (χ4n) is 4.54. The number of nitrogens with zero attached hydrogens (tertiary/aromatic N) is 5. The van der Waals surface area contributed by atoms with Gasteiger partial charge in [-0.25, -0.2) is 17.9 Å². The second kappa shape index (κ2) is 9.46. The maximum atomic E-state index is 13.0. The molecule has 1 saturated heterocycles. The van der Waals surface area contributed by atoms with Crippen molar-refractivity contribution in [1.82, 2.24) is 23.8 Å². The molecule has 182 valence electrons. The molecule has 0 unspecified atom stereocenters. The quantitative estimate of drug-likeness (QED) is 0.537. The Morgan fingerprint density at radius 2 is 1.68 bits per heavy atom. The Balaban J connectivity index is 1.37. The Labute approximate surface area is 201 Å². The van der Waals surface area contributed by atoms with E-state index in [0.717, 1.165) is 33.9 Å². The molecule has 1 fully saturated rings. The highest BCUT2D eigenvalue weighted by atomic mass is 32.2. The van der Waals surface area contributed by atoms with Crippen molar-refractivity contribution in [2.45, 2.75) is 58.3 Å². The molecule has 1 aliphatic heterocycles. The lowest BCUT2D eigenvalue weighted by Crippen LogP contribution is -2.50. The highest BCUT2D eigenvalue weighted by Crippen LogP contribution is 2.22. The van der Waals surface area contributed by atoms with Crippen LogP contribution in [0.15, 0.2) is 35.2 Å². The van der Waals surface area contributed by atoms with Crippen LogP contribution in [0.5, 0.6) is 0 Å². The molecule has 0 saturated carbocycles. The second-order valence-corrected chi connectivity index (χ2v) is 11.3. The van der Waals surface area contributed by atoms with Crippen LogP contribution in [0, 0.1) is 20.8 Å². The van der Waals surface area contributed by atoms with Gasteiger partial charge in [0.25, 0.3) is 0 Å². The summed E-state index contributed by atoms with van der Waals surface area (Å²) in [4.78, 5) is 19.6. The lowest BCUT2D eigenvalue weighted by Gasteiger charge is -2.34. The molecule has 1 aliphatic rings. The van der Waals surface area contributed by atoms with E-state index in [-0.39, 0.29) is 5.91 Å². The summed E-state index contributed by atoms with van der Waals surface area (Å²) < 4.78 is 29.4. The molecular formula is C25H33N5O3S. The van der Waals surface area contributed by atoms with Crippen LogP contribution in [0.25, 0.3) is 5.65 Å². The van der Waals surface area contributed by atoms with E-state index in [2.05, 4.69) is 23.9 Å². The number of amides is 1. The molecule has 0 atom stereocenters. The molecule has 1 aromatic carbocycles. The van der Waals surface area contributed by atoms with Crippen molar-refractivity contribution in [3.8, 4) is 0 Å². The molecule has 0 N–H and O–H groups in total. The zero-order chi connectivity index (χ0) is 24.6. The van der Waals surface area contributed by atoms with Gasteiger partial charge in [-0.1, -0.05) is 26.0 Å². The van der Waals surface area contributed by atoms with Gasteiger partial charge in [-0.2, -0.15) is 9.40 Å². The van der Waals surface area contributed by atoms with Crippen LogP contribution >= 0.6 is 0 Å². The third-order valence-electron chi connectivity index (χ3n) is 6.65. The molecule has 0 aliphatic carbocycles. The number of hydrogen-bond acceptors (Lipinski definition) is 5. The van der Waals surface area contributed by atoms with E-state index in [4.69, 9.17) is 0 Å². The molecule has 1 amide bonds. The SMILES string of the molecule is Cc1cc2nc(C)c(CCC(=O)N3CCN(S(=O)(=O)c4ccc(C(C)C)cc4)CC3)c(C)n2n1. The number of piperazine rings is 1. The molecular weight excluding hydrogens is 450 g/mol. The first-order valence-electron chi connectivity index (χ1n) is 11.8. The number of fused-ring (bicyclic) bond motifs is 1. The molecule has 8 nitrogen and oxygen atoms in total. The van der Waals surface area contributed by atoms with E-state index in [9.17, 15) is 13.2 Å². The molecule has 0 radical (unpaired) electrons. The predicted octanol–water partition coefficient (Wildman–Crippen LogP) is 3.24. The third-order valence-corrected chi connectivity index (χ3v) is 8.56. The Morgan fingerprint density at radius 3 is 2.29 bits per heavy atom. The van der Waals surface area contributed by atoms with Crippen molar-refractivity contribution in [2.75, 3.05) is 26.2 Å². The lowest BCUT2D eigenvalue weighted by molar-refractivity contribution is -0.132. The Morgan fingerprint density at radius 1 is 1.03 bits per heavy atom. The zero-order valence-electron chi connectivity index (χ0n) is 20.6. The van der Waals surface area contributed by atoms with Crippen LogP contribution in [0.4, 0.5) is 0 Å². The van der Waals surface area contributed by atoms with Crippen LogP contribution in [-0.4, -0.2) is 64.3 Å². The van der Waals surface area contributed by atoms with Crippen molar-refractivity contribution < 1.29 is 13.2 Å². The minimum Gasteiger partial charge on any atom is -0.340 e. The van der Waals surface area contributed by atoms with Crippen LogP contribution < -0.4 is 0 Å².